The first kappa shape index (κ1) is 18.8. The standard InChI is InChI=1S/C26H20N4O/c1-17-9-11-19(12-10-17)24-16-25(30-29-24)20-6-4-7-21(15-20)27-26(31)23-14-13-18-5-2-3-8-22(18)28-23/h2-16H,1H3,(H,27,31)(H,29,30). The van der Waals surface area contributed by atoms with E-state index in [9.17, 15) is 4.79 Å². The third-order valence-electron chi connectivity index (χ3n) is 5.19. The van der Waals surface area contributed by atoms with Crippen LogP contribution in [0.15, 0.2) is 91.0 Å². The number of H-pyrrole nitrogens is 1. The fourth-order valence-corrected chi connectivity index (χ4v) is 3.49. The molecule has 3 aromatic carbocycles. The number of aryl methyl sites for hydroxylation is 1. The predicted molar refractivity (Wildman–Crippen MR) is 124 cm³/mol. The average molecular weight is 404 g/mol. The van der Waals surface area contributed by atoms with Gasteiger partial charge in [-0.15, -0.1) is 0 Å². The number of pyridine rings is 1. The molecule has 0 aliphatic heterocycles. The zero-order chi connectivity index (χ0) is 21.2. The predicted octanol–water partition coefficient (Wildman–Crippen LogP) is 5.85. The Morgan fingerprint density at radius 2 is 1.68 bits per heavy atom. The topological polar surface area (TPSA) is 70.7 Å². The summed E-state index contributed by atoms with van der Waals surface area (Å²) in [5.74, 6) is -0.245. The molecule has 0 radical (unpaired) electrons. The molecule has 0 atom stereocenters. The number of nitrogens with one attached hydrogen (secondary N) is 2. The minimum Gasteiger partial charge on any atom is -0.321 e. The number of rotatable bonds is 4. The fraction of sp³-hybridized carbons (Fsp3) is 0.0385. The van der Waals surface area contributed by atoms with Crippen molar-refractivity contribution in [1.82, 2.24) is 15.2 Å². The fourth-order valence-electron chi connectivity index (χ4n) is 3.49. The molecule has 0 bridgehead atoms. The lowest BCUT2D eigenvalue weighted by molar-refractivity contribution is 0.102. The van der Waals surface area contributed by atoms with Gasteiger partial charge in [-0.25, -0.2) is 4.98 Å². The van der Waals surface area contributed by atoms with Crippen molar-refractivity contribution in [3.63, 3.8) is 0 Å². The highest BCUT2D eigenvalue weighted by molar-refractivity contribution is 6.04. The molecule has 5 rings (SSSR count). The van der Waals surface area contributed by atoms with Crippen LogP contribution in [0.1, 0.15) is 16.1 Å². The quantitative estimate of drug-likeness (QED) is 0.394. The van der Waals surface area contributed by atoms with Gasteiger partial charge in [-0.2, -0.15) is 5.10 Å². The molecule has 0 spiro atoms. The number of benzene rings is 3. The van der Waals surface area contributed by atoms with Crippen LogP contribution in [0.3, 0.4) is 0 Å². The van der Waals surface area contributed by atoms with Crippen LogP contribution in [0.2, 0.25) is 0 Å². The number of fused-ring (bicyclic) bond motifs is 1. The molecule has 5 nitrogen and oxygen atoms in total. The molecule has 0 aliphatic carbocycles. The molecule has 1 amide bonds. The minimum absolute atomic E-state index is 0.245. The van der Waals surface area contributed by atoms with E-state index >= 15 is 0 Å². The van der Waals surface area contributed by atoms with E-state index in [0.717, 1.165) is 33.4 Å². The van der Waals surface area contributed by atoms with E-state index in [4.69, 9.17) is 0 Å². The summed E-state index contributed by atoms with van der Waals surface area (Å²) in [6, 6.07) is 29.3. The average Bonchev–Trinajstić information content (AvgIpc) is 3.30. The van der Waals surface area contributed by atoms with Crippen LogP contribution >= 0.6 is 0 Å². The van der Waals surface area contributed by atoms with Crippen LogP contribution < -0.4 is 5.32 Å². The molecule has 0 fully saturated rings. The Morgan fingerprint density at radius 1 is 0.839 bits per heavy atom. The van der Waals surface area contributed by atoms with Crippen LogP contribution in [0.4, 0.5) is 5.69 Å². The smallest absolute Gasteiger partial charge is 0.274 e. The number of carbonyl (C=O) groups excluding carboxylic acids is 1. The summed E-state index contributed by atoms with van der Waals surface area (Å²) in [7, 11) is 0. The monoisotopic (exact) mass is 404 g/mol. The van der Waals surface area contributed by atoms with Gasteiger partial charge >= 0.3 is 0 Å². The van der Waals surface area contributed by atoms with Gasteiger partial charge in [0.1, 0.15) is 5.69 Å². The van der Waals surface area contributed by atoms with Crippen LogP contribution in [0, 0.1) is 6.92 Å². The third kappa shape index (κ3) is 3.94. The Kier molecular flexibility index (Phi) is 4.77. The van der Waals surface area contributed by atoms with Gasteiger partial charge in [0.2, 0.25) is 0 Å². The molecule has 5 aromatic rings. The number of carbonyl (C=O) groups is 1. The number of anilines is 1. The zero-order valence-electron chi connectivity index (χ0n) is 17.0. The van der Waals surface area contributed by atoms with E-state index in [1.54, 1.807) is 6.07 Å². The molecule has 2 N–H and O–H groups in total. The van der Waals surface area contributed by atoms with Crippen molar-refractivity contribution < 1.29 is 4.79 Å². The van der Waals surface area contributed by atoms with E-state index in [1.165, 1.54) is 5.56 Å². The summed E-state index contributed by atoms with van der Waals surface area (Å²) in [4.78, 5) is 17.2. The van der Waals surface area contributed by atoms with Crippen molar-refractivity contribution in [3.8, 4) is 22.5 Å². The number of aromatic amines is 1. The second kappa shape index (κ2) is 7.88. The number of nitrogens with zero attached hydrogens (tertiary/aromatic N) is 2. The first-order valence-corrected chi connectivity index (χ1v) is 10.1. The number of hydrogen-bond donors (Lipinski definition) is 2. The van der Waals surface area contributed by atoms with Gasteiger partial charge in [0.05, 0.1) is 16.9 Å². The Balaban J connectivity index is 1.37. The van der Waals surface area contributed by atoms with E-state index in [2.05, 4.69) is 51.7 Å². The SMILES string of the molecule is Cc1ccc(-c2cc(-c3cccc(NC(=O)c4ccc5ccccc5n4)c3)n[nH]2)cc1. The Hall–Kier alpha value is -4.25. The lowest BCUT2D eigenvalue weighted by atomic mass is 10.1. The molecule has 0 saturated heterocycles. The second-order valence-electron chi connectivity index (χ2n) is 7.46. The van der Waals surface area contributed by atoms with E-state index in [-0.39, 0.29) is 5.91 Å². The molecule has 0 aliphatic rings. The second-order valence-corrected chi connectivity index (χ2v) is 7.46. The highest BCUT2D eigenvalue weighted by atomic mass is 16.1. The summed E-state index contributed by atoms with van der Waals surface area (Å²) in [5.41, 5.74) is 6.84. The van der Waals surface area contributed by atoms with Crippen molar-refractivity contribution in [3.05, 3.63) is 102 Å². The van der Waals surface area contributed by atoms with Crippen LogP contribution in [0.5, 0.6) is 0 Å². The number of para-hydroxylation sites is 1. The Labute approximate surface area is 179 Å². The molecule has 2 heterocycles. The molecular weight excluding hydrogens is 384 g/mol. The largest absolute Gasteiger partial charge is 0.321 e. The van der Waals surface area contributed by atoms with Crippen molar-refractivity contribution in [2.24, 2.45) is 0 Å². The normalized spacial score (nSPS) is 10.9. The number of aromatic nitrogens is 3. The number of amides is 1. The molecule has 0 unspecified atom stereocenters. The minimum atomic E-state index is -0.245. The van der Waals surface area contributed by atoms with Gasteiger partial charge in [0.15, 0.2) is 0 Å². The highest BCUT2D eigenvalue weighted by Crippen LogP contribution is 2.26. The Bertz CT molecular complexity index is 1390. The first-order chi connectivity index (χ1) is 15.2. The molecule has 31 heavy (non-hydrogen) atoms. The maximum atomic E-state index is 12.7. The highest BCUT2D eigenvalue weighted by Gasteiger charge is 2.11. The summed E-state index contributed by atoms with van der Waals surface area (Å²) in [6.07, 6.45) is 0. The van der Waals surface area contributed by atoms with Crippen LogP contribution in [0.25, 0.3) is 33.4 Å². The van der Waals surface area contributed by atoms with Crippen molar-refractivity contribution in [2.45, 2.75) is 6.92 Å². The Morgan fingerprint density at radius 3 is 2.55 bits per heavy atom. The van der Waals surface area contributed by atoms with Crippen molar-refractivity contribution >= 4 is 22.5 Å². The summed E-state index contributed by atoms with van der Waals surface area (Å²) in [5, 5.41) is 11.5. The van der Waals surface area contributed by atoms with Gasteiger partial charge in [-0.3, -0.25) is 9.89 Å². The molecular formula is C26H20N4O. The summed E-state index contributed by atoms with van der Waals surface area (Å²) >= 11 is 0. The van der Waals surface area contributed by atoms with Gasteiger partial charge < -0.3 is 5.32 Å². The lowest BCUT2D eigenvalue weighted by Gasteiger charge is -2.07. The molecule has 5 heteroatoms. The van der Waals surface area contributed by atoms with Crippen molar-refractivity contribution in [1.29, 1.82) is 0 Å². The van der Waals surface area contributed by atoms with Crippen molar-refractivity contribution in [2.75, 3.05) is 5.32 Å². The summed E-state index contributed by atoms with van der Waals surface area (Å²) < 4.78 is 0. The maximum absolute atomic E-state index is 12.7. The zero-order valence-corrected chi connectivity index (χ0v) is 17.0. The first-order valence-electron chi connectivity index (χ1n) is 10.1. The van der Waals surface area contributed by atoms with Gasteiger partial charge in [0.25, 0.3) is 5.91 Å². The van der Waals surface area contributed by atoms with Crippen LogP contribution in [-0.4, -0.2) is 21.1 Å². The lowest BCUT2D eigenvalue weighted by Crippen LogP contribution is -2.13. The van der Waals surface area contributed by atoms with E-state index in [0.29, 0.717) is 11.4 Å². The van der Waals surface area contributed by atoms with Crippen LogP contribution in [-0.2, 0) is 0 Å². The third-order valence-corrected chi connectivity index (χ3v) is 5.19. The molecule has 2 aromatic heterocycles. The summed E-state index contributed by atoms with van der Waals surface area (Å²) in [6.45, 7) is 2.06. The number of hydrogen-bond acceptors (Lipinski definition) is 3. The maximum Gasteiger partial charge on any atom is 0.274 e. The van der Waals surface area contributed by atoms with E-state index in [1.807, 2.05) is 60.7 Å². The van der Waals surface area contributed by atoms with Gasteiger partial charge in [-0.05, 0) is 42.8 Å². The molecule has 0 saturated carbocycles. The van der Waals surface area contributed by atoms with E-state index < -0.39 is 0 Å². The van der Waals surface area contributed by atoms with Gasteiger partial charge in [-0.1, -0.05) is 66.2 Å². The molecule has 150 valence electrons. The van der Waals surface area contributed by atoms with Gasteiger partial charge in [0, 0.05) is 16.6 Å².